The van der Waals surface area contributed by atoms with Crippen molar-refractivity contribution in [2.45, 2.75) is 46.1 Å². The Morgan fingerprint density at radius 3 is 2.85 bits per heavy atom. The van der Waals surface area contributed by atoms with Gasteiger partial charge in [-0.1, -0.05) is 6.92 Å². The molecule has 138 valence electrons. The molecule has 1 aliphatic heterocycles. The number of piperidine rings is 1. The first-order valence-corrected chi connectivity index (χ1v) is 9.29. The van der Waals surface area contributed by atoms with Crippen molar-refractivity contribution in [1.82, 2.24) is 19.1 Å². The second kappa shape index (κ2) is 6.63. The van der Waals surface area contributed by atoms with Gasteiger partial charge in [-0.05, 0) is 32.1 Å². The topological polar surface area (TPSA) is 72.8 Å². The molecule has 4 rings (SSSR count). The van der Waals surface area contributed by atoms with E-state index < -0.39 is 0 Å². The van der Waals surface area contributed by atoms with E-state index in [1.165, 1.54) is 4.68 Å². The Balaban J connectivity index is 1.47. The molecule has 0 aromatic carbocycles. The summed E-state index contributed by atoms with van der Waals surface area (Å²) in [4.78, 5) is 27.0. The number of nitrogens with zero attached hydrogens (tertiary/aromatic N) is 4. The molecule has 0 radical (unpaired) electrons. The molecule has 7 nitrogen and oxygen atoms in total. The van der Waals surface area contributed by atoms with Crippen LogP contribution in [-0.4, -0.2) is 38.1 Å². The van der Waals surface area contributed by atoms with Crippen LogP contribution in [0.25, 0.3) is 16.6 Å². The largest absolute Gasteiger partial charge is 0.463 e. The molecular weight excluding hydrogens is 332 g/mol. The standard InChI is InChI=1S/C19H24N4O3/c1-13-5-9-21(10-6-13)18(24)4-3-8-22-19(25)16-12-17-15(7-11-26-17)23(16)14(2)20-22/h7,11-13H,3-6,8-10H2,1-2H3. The van der Waals surface area contributed by atoms with Gasteiger partial charge >= 0.3 is 0 Å². The Labute approximate surface area is 151 Å². The predicted octanol–water partition coefficient (Wildman–Crippen LogP) is 2.59. The fraction of sp³-hybridized carbons (Fsp3) is 0.526. The van der Waals surface area contributed by atoms with Crippen molar-refractivity contribution in [2.24, 2.45) is 5.92 Å². The molecular formula is C19H24N4O3. The van der Waals surface area contributed by atoms with E-state index in [1.807, 2.05) is 22.3 Å². The summed E-state index contributed by atoms with van der Waals surface area (Å²) in [6.07, 6.45) is 4.84. The zero-order valence-electron chi connectivity index (χ0n) is 15.3. The van der Waals surface area contributed by atoms with Gasteiger partial charge in [0.2, 0.25) is 5.91 Å². The molecule has 1 amide bonds. The number of fused-ring (bicyclic) bond motifs is 3. The van der Waals surface area contributed by atoms with E-state index in [0.29, 0.717) is 36.4 Å². The molecule has 0 spiro atoms. The third kappa shape index (κ3) is 2.91. The fourth-order valence-corrected chi connectivity index (χ4v) is 3.78. The summed E-state index contributed by atoms with van der Waals surface area (Å²) >= 11 is 0. The van der Waals surface area contributed by atoms with Gasteiger partial charge in [-0.3, -0.25) is 14.0 Å². The predicted molar refractivity (Wildman–Crippen MR) is 98.2 cm³/mol. The van der Waals surface area contributed by atoms with Crippen LogP contribution in [0.1, 0.15) is 38.4 Å². The number of aromatic nitrogens is 3. The van der Waals surface area contributed by atoms with Gasteiger partial charge in [-0.2, -0.15) is 5.10 Å². The molecule has 0 unspecified atom stereocenters. The van der Waals surface area contributed by atoms with Gasteiger partial charge in [0.15, 0.2) is 5.58 Å². The molecule has 1 fully saturated rings. The van der Waals surface area contributed by atoms with Crippen molar-refractivity contribution in [3.8, 4) is 0 Å². The minimum absolute atomic E-state index is 0.152. The minimum atomic E-state index is -0.152. The van der Waals surface area contributed by atoms with E-state index >= 15 is 0 Å². The van der Waals surface area contributed by atoms with Crippen LogP contribution in [0.4, 0.5) is 0 Å². The van der Waals surface area contributed by atoms with Gasteiger partial charge in [0.1, 0.15) is 11.3 Å². The van der Waals surface area contributed by atoms with Crippen LogP contribution in [0.15, 0.2) is 27.6 Å². The Morgan fingerprint density at radius 1 is 1.31 bits per heavy atom. The van der Waals surface area contributed by atoms with Crippen molar-refractivity contribution < 1.29 is 9.21 Å². The molecule has 0 aliphatic carbocycles. The molecule has 0 atom stereocenters. The lowest BCUT2D eigenvalue weighted by Crippen LogP contribution is -2.38. The van der Waals surface area contributed by atoms with Gasteiger partial charge in [-0.15, -0.1) is 0 Å². The lowest BCUT2D eigenvalue weighted by Gasteiger charge is -2.30. The van der Waals surface area contributed by atoms with Crippen LogP contribution in [0.2, 0.25) is 0 Å². The Morgan fingerprint density at radius 2 is 2.08 bits per heavy atom. The highest BCUT2D eigenvalue weighted by atomic mass is 16.3. The maximum Gasteiger partial charge on any atom is 0.291 e. The van der Waals surface area contributed by atoms with Crippen molar-refractivity contribution >= 4 is 22.5 Å². The van der Waals surface area contributed by atoms with Crippen molar-refractivity contribution in [1.29, 1.82) is 0 Å². The summed E-state index contributed by atoms with van der Waals surface area (Å²) in [5, 5.41) is 4.42. The maximum absolute atomic E-state index is 12.7. The van der Waals surface area contributed by atoms with Crippen LogP contribution in [0, 0.1) is 12.8 Å². The van der Waals surface area contributed by atoms with E-state index in [1.54, 1.807) is 12.3 Å². The highest BCUT2D eigenvalue weighted by Crippen LogP contribution is 2.20. The number of amides is 1. The second-order valence-corrected chi connectivity index (χ2v) is 7.28. The number of carbonyl (C=O) groups is 1. The number of rotatable bonds is 4. The third-order valence-electron chi connectivity index (χ3n) is 5.36. The van der Waals surface area contributed by atoms with E-state index in [0.717, 1.165) is 37.3 Å². The highest BCUT2D eigenvalue weighted by molar-refractivity contribution is 5.82. The number of furan rings is 1. The summed E-state index contributed by atoms with van der Waals surface area (Å²) < 4.78 is 8.68. The Kier molecular flexibility index (Phi) is 4.30. The van der Waals surface area contributed by atoms with Crippen LogP contribution >= 0.6 is 0 Å². The average molecular weight is 356 g/mol. The summed E-state index contributed by atoms with van der Waals surface area (Å²) in [6.45, 7) is 6.25. The SMILES string of the molecule is Cc1nn(CCCC(=O)N2CCC(C)CC2)c(=O)c2cc3occc3n12. The molecule has 3 aromatic heterocycles. The number of hydrogen-bond donors (Lipinski definition) is 0. The highest BCUT2D eigenvalue weighted by Gasteiger charge is 2.20. The smallest absolute Gasteiger partial charge is 0.291 e. The molecule has 0 bridgehead atoms. The second-order valence-electron chi connectivity index (χ2n) is 7.28. The number of aryl methyl sites for hydroxylation is 2. The molecule has 1 aliphatic rings. The maximum atomic E-state index is 12.7. The quantitative estimate of drug-likeness (QED) is 0.720. The normalized spacial score (nSPS) is 16.0. The van der Waals surface area contributed by atoms with Gasteiger partial charge in [-0.25, -0.2) is 4.68 Å². The third-order valence-corrected chi connectivity index (χ3v) is 5.36. The molecule has 4 heterocycles. The molecule has 3 aromatic rings. The minimum Gasteiger partial charge on any atom is -0.463 e. The van der Waals surface area contributed by atoms with Gasteiger partial charge in [0.05, 0.1) is 11.8 Å². The lowest BCUT2D eigenvalue weighted by molar-refractivity contribution is -0.132. The van der Waals surface area contributed by atoms with Gasteiger partial charge in [0.25, 0.3) is 5.56 Å². The number of carbonyl (C=O) groups excluding carboxylic acids is 1. The van der Waals surface area contributed by atoms with Crippen molar-refractivity contribution in [3.05, 3.63) is 34.6 Å². The van der Waals surface area contributed by atoms with E-state index in [9.17, 15) is 9.59 Å². The van der Waals surface area contributed by atoms with Crippen molar-refractivity contribution in [2.75, 3.05) is 13.1 Å². The van der Waals surface area contributed by atoms with Crippen molar-refractivity contribution in [3.63, 3.8) is 0 Å². The summed E-state index contributed by atoms with van der Waals surface area (Å²) in [5.74, 6) is 1.62. The van der Waals surface area contributed by atoms with Gasteiger partial charge < -0.3 is 9.32 Å². The zero-order chi connectivity index (χ0) is 18.3. The summed E-state index contributed by atoms with van der Waals surface area (Å²) in [6, 6.07) is 3.59. The van der Waals surface area contributed by atoms with E-state index in [-0.39, 0.29) is 11.5 Å². The van der Waals surface area contributed by atoms with Crippen LogP contribution < -0.4 is 5.56 Å². The molecule has 0 N–H and O–H groups in total. The Hall–Kier alpha value is -2.57. The molecule has 7 heteroatoms. The van der Waals surface area contributed by atoms with Crippen LogP contribution in [0.3, 0.4) is 0 Å². The fourth-order valence-electron chi connectivity index (χ4n) is 3.78. The summed E-state index contributed by atoms with van der Waals surface area (Å²) in [7, 11) is 0. The monoisotopic (exact) mass is 356 g/mol. The summed E-state index contributed by atoms with van der Waals surface area (Å²) in [5.41, 5.74) is 1.94. The molecule has 26 heavy (non-hydrogen) atoms. The molecule has 1 saturated heterocycles. The number of hydrogen-bond acceptors (Lipinski definition) is 4. The zero-order valence-corrected chi connectivity index (χ0v) is 15.3. The lowest BCUT2D eigenvalue weighted by atomic mass is 9.99. The number of likely N-dealkylation sites (tertiary alicyclic amines) is 1. The van der Waals surface area contributed by atoms with Gasteiger partial charge in [0, 0.05) is 38.2 Å². The first-order chi connectivity index (χ1) is 12.5. The van der Waals surface area contributed by atoms with Crippen LogP contribution in [-0.2, 0) is 11.3 Å². The first-order valence-electron chi connectivity index (χ1n) is 9.29. The molecule has 0 saturated carbocycles. The first kappa shape index (κ1) is 16.9. The van der Waals surface area contributed by atoms with Crippen LogP contribution in [0.5, 0.6) is 0 Å². The average Bonchev–Trinajstić information content (AvgIpc) is 3.20. The van der Waals surface area contributed by atoms with E-state index in [4.69, 9.17) is 4.42 Å². The Bertz CT molecular complexity index is 1010. The van der Waals surface area contributed by atoms with E-state index in [2.05, 4.69) is 12.0 Å².